The summed E-state index contributed by atoms with van der Waals surface area (Å²) in [6, 6.07) is 0. The Morgan fingerprint density at radius 1 is 2.00 bits per heavy atom. The van der Waals surface area contributed by atoms with E-state index in [1.807, 2.05) is 0 Å². The van der Waals surface area contributed by atoms with Crippen molar-refractivity contribution in [1.29, 1.82) is 0 Å². The fourth-order valence-electron chi connectivity index (χ4n) is 0.284. The van der Waals surface area contributed by atoms with Gasteiger partial charge in [0.15, 0.2) is 0 Å². The molecule has 0 aromatic carbocycles. The highest BCUT2D eigenvalue weighted by Crippen LogP contribution is 1.79. The molecule has 4 heteroatoms. The van der Waals surface area contributed by atoms with Gasteiger partial charge in [-0.2, -0.15) is 0 Å². The average molecular weight is 100 g/mol. The lowest BCUT2D eigenvalue weighted by Crippen LogP contribution is -2.28. The van der Waals surface area contributed by atoms with Crippen LogP contribution in [0.25, 0.3) is 0 Å². The number of oxime groups is 1. The highest BCUT2D eigenvalue weighted by atomic mass is 16.7. The molecule has 4 nitrogen and oxygen atoms in total. The molecule has 1 N–H and O–H groups in total. The Morgan fingerprint density at radius 3 is 3.14 bits per heavy atom. The van der Waals surface area contributed by atoms with Gasteiger partial charge in [0, 0.05) is 0 Å². The first-order valence-electron chi connectivity index (χ1n) is 1.86. The number of hydrogen-bond acceptors (Lipinski definition) is 3. The van der Waals surface area contributed by atoms with Crippen molar-refractivity contribution in [2.24, 2.45) is 5.16 Å². The summed E-state index contributed by atoms with van der Waals surface area (Å²) in [5.41, 5.74) is 0. The number of hydrogen-bond donors (Lipinski definition) is 1. The van der Waals surface area contributed by atoms with E-state index < -0.39 is 6.09 Å². The van der Waals surface area contributed by atoms with Crippen LogP contribution in [0.1, 0.15) is 0 Å². The predicted octanol–water partition coefficient (Wildman–Crippen LogP) is -0.288. The van der Waals surface area contributed by atoms with Crippen molar-refractivity contribution in [3.8, 4) is 0 Å². The van der Waals surface area contributed by atoms with E-state index in [2.05, 4.69) is 15.3 Å². The van der Waals surface area contributed by atoms with Crippen LogP contribution in [0.15, 0.2) is 5.16 Å². The van der Waals surface area contributed by atoms with Crippen LogP contribution in [0.3, 0.4) is 0 Å². The maximum atomic E-state index is 10.0. The molecule has 38 valence electrons. The van der Waals surface area contributed by atoms with Crippen LogP contribution in [0.5, 0.6) is 0 Å². The molecule has 0 aromatic rings. The fourth-order valence-corrected chi connectivity index (χ4v) is 0.284. The second-order valence-electron chi connectivity index (χ2n) is 1.05. The molecule has 0 spiro atoms. The molecule has 0 fully saturated rings. The van der Waals surface area contributed by atoms with Crippen LogP contribution in [-0.2, 0) is 4.84 Å². The lowest BCUT2D eigenvalue weighted by atomic mass is 10.7. The lowest BCUT2D eigenvalue weighted by molar-refractivity contribution is 0.148. The van der Waals surface area contributed by atoms with E-state index in [4.69, 9.17) is 0 Å². The standard InChI is InChI=1S/C3H4N2O2/c6-3-4-1-2-5-7-3/h2H,1H2,(H,4,6). The van der Waals surface area contributed by atoms with E-state index in [1.165, 1.54) is 6.21 Å². The molecule has 1 heterocycles. The summed E-state index contributed by atoms with van der Waals surface area (Å²) in [5.74, 6) is 0. The maximum Gasteiger partial charge on any atom is 0.433 e. The van der Waals surface area contributed by atoms with Gasteiger partial charge in [0.1, 0.15) is 0 Å². The third-order valence-corrected chi connectivity index (χ3v) is 0.548. The Morgan fingerprint density at radius 2 is 2.86 bits per heavy atom. The van der Waals surface area contributed by atoms with Crippen LogP contribution >= 0.6 is 0 Å². The quantitative estimate of drug-likeness (QED) is 0.425. The zero-order chi connectivity index (χ0) is 5.11. The molecule has 7 heavy (non-hydrogen) atoms. The molecular formula is C3H4N2O2. The van der Waals surface area contributed by atoms with E-state index in [9.17, 15) is 4.79 Å². The van der Waals surface area contributed by atoms with Gasteiger partial charge in [0.05, 0.1) is 12.8 Å². The number of amides is 1. The average Bonchev–Trinajstić information content (AvgIpc) is 1.69. The first kappa shape index (κ1) is 4.11. The number of rotatable bonds is 0. The second-order valence-corrected chi connectivity index (χ2v) is 1.05. The highest BCUT2D eigenvalue weighted by molar-refractivity contribution is 5.75. The van der Waals surface area contributed by atoms with Crippen LogP contribution in [0.4, 0.5) is 4.79 Å². The summed E-state index contributed by atoms with van der Waals surface area (Å²) in [6.45, 7) is 0.471. The molecule has 1 aliphatic heterocycles. The minimum absolute atomic E-state index is 0.471. The van der Waals surface area contributed by atoms with Gasteiger partial charge in [-0.25, -0.2) is 4.79 Å². The van der Waals surface area contributed by atoms with E-state index in [-0.39, 0.29) is 0 Å². The van der Waals surface area contributed by atoms with Gasteiger partial charge >= 0.3 is 6.09 Å². The Balaban J connectivity index is 2.47. The van der Waals surface area contributed by atoms with E-state index in [0.29, 0.717) is 6.54 Å². The van der Waals surface area contributed by atoms with Gasteiger partial charge in [-0.3, -0.25) is 4.84 Å². The summed E-state index contributed by atoms with van der Waals surface area (Å²) in [5, 5.41) is 5.59. The molecule has 0 atom stereocenters. The normalized spacial score (nSPS) is 18.0. The third-order valence-electron chi connectivity index (χ3n) is 0.548. The molecule has 0 aromatic heterocycles. The van der Waals surface area contributed by atoms with Crippen molar-refractivity contribution < 1.29 is 9.63 Å². The minimum Gasteiger partial charge on any atom is -0.314 e. The SMILES string of the molecule is O=C1NCC=NO1. The molecular weight excluding hydrogens is 96.0 g/mol. The predicted molar refractivity (Wildman–Crippen MR) is 23.0 cm³/mol. The van der Waals surface area contributed by atoms with E-state index >= 15 is 0 Å². The topological polar surface area (TPSA) is 50.7 Å². The van der Waals surface area contributed by atoms with Crippen LogP contribution < -0.4 is 5.32 Å². The highest BCUT2D eigenvalue weighted by Gasteiger charge is 2.00. The van der Waals surface area contributed by atoms with Gasteiger partial charge in [0.25, 0.3) is 0 Å². The van der Waals surface area contributed by atoms with Crippen LogP contribution in [-0.4, -0.2) is 18.9 Å². The Labute approximate surface area is 40.1 Å². The first-order chi connectivity index (χ1) is 3.39. The zero-order valence-electron chi connectivity index (χ0n) is 3.55. The van der Waals surface area contributed by atoms with E-state index in [0.717, 1.165) is 0 Å². The molecule has 1 aliphatic rings. The Kier molecular flexibility index (Phi) is 0.934. The Hall–Kier alpha value is -1.06. The van der Waals surface area contributed by atoms with Crippen molar-refractivity contribution in [3.63, 3.8) is 0 Å². The van der Waals surface area contributed by atoms with Crippen molar-refractivity contribution in [1.82, 2.24) is 5.32 Å². The van der Waals surface area contributed by atoms with Gasteiger partial charge in [-0.1, -0.05) is 5.16 Å². The summed E-state index contributed by atoms with van der Waals surface area (Å²) in [6.07, 6.45) is 0.990. The first-order valence-corrected chi connectivity index (χ1v) is 1.86. The van der Waals surface area contributed by atoms with Crippen LogP contribution in [0.2, 0.25) is 0 Å². The molecule has 1 rings (SSSR count). The van der Waals surface area contributed by atoms with Crippen molar-refractivity contribution >= 4 is 12.3 Å². The molecule has 1 amide bonds. The van der Waals surface area contributed by atoms with Gasteiger partial charge in [-0.05, 0) is 0 Å². The van der Waals surface area contributed by atoms with Crippen LogP contribution in [0, 0.1) is 0 Å². The molecule has 0 aliphatic carbocycles. The van der Waals surface area contributed by atoms with Gasteiger partial charge < -0.3 is 5.32 Å². The second kappa shape index (κ2) is 1.59. The van der Waals surface area contributed by atoms with Crippen molar-refractivity contribution in [3.05, 3.63) is 0 Å². The number of carbonyl (C=O) groups is 1. The number of nitrogens with zero attached hydrogens (tertiary/aromatic N) is 1. The number of nitrogens with one attached hydrogen (secondary N) is 1. The minimum atomic E-state index is -0.484. The summed E-state index contributed by atoms with van der Waals surface area (Å²) >= 11 is 0. The largest absolute Gasteiger partial charge is 0.433 e. The molecule has 0 radical (unpaired) electrons. The fraction of sp³-hybridized carbons (Fsp3) is 0.333. The monoisotopic (exact) mass is 100 g/mol. The zero-order valence-corrected chi connectivity index (χ0v) is 3.55. The summed E-state index contributed by atoms with van der Waals surface area (Å²) in [7, 11) is 0. The van der Waals surface area contributed by atoms with Gasteiger partial charge in [0.2, 0.25) is 0 Å². The van der Waals surface area contributed by atoms with E-state index in [1.54, 1.807) is 0 Å². The lowest BCUT2D eigenvalue weighted by Gasteiger charge is -2.01. The van der Waals surface area contributed by atoms with Crippen molar-refractivity contribution in [2.45, 2.75) is 0 Å². The third kappa shape index (κ3) is 0.887. The molecule has 0 saturated heterocycles. The molecule has 0 unspecified atom stereocenters. The molecule has 0 bridgehead atoms. The maximum absolute atomic E-state index is 10.0. The van der Waals surface area contributed by atoms with Gasteiger partial charge in [-0.15, -0.1) is 0 Å². The summed E-state index contributed by atoms with van der Waals surface area (Å²) < 4.78 is 0. The van der Waals surface area contributed by atoms with Crippen molar-refractivity contribution in [2.75, 3.05) is 6.54 Å². The summed E-state index contributed by atoms with van der Waals surface area (Å²) in [4.78, 5) is 14.1. The smallest absolute Gasteiger partial charge is 0.314 e. The Bertz CT molecular complexity index is 110. The number of carbonyl (C=O) groups excluding carboxylic acids is 1. The molecule has 0 saturated carbocycles.